The van der Waals surface area contributed by atoms with Crippen molar-refractivity contribution in [2.75, 3.05) is 13.7 Å². The van der Waals surface area contributed by atoms with Gasteiger partial charge in [0.1, 0.15) is 11.6 Å². The van der Waals surface area contributed by atoms with Gasteiger partial charge in [-0.15, -0.1) is 0 Å². The fourth-order valence-corrected chi connectivity index (χ4v) is 1.91. The Morgan fingerprint density at radius 1 is 1.39 bits per heavy atom. The van der Waals surface area contributed by atoms with E-state index in [1.807, 2.05) is 12.1 Å². The second kappa shape index (κ2) is 5.83. The minimum absolute atomic E-state index is 0.125. The molecule has 0 aliphatic heterocycles. The summed E-state index contributed by atoms with van der Waals surface area (Å²) in [6.45, 7) is 7.35. The summed E-state index contributed by atoms with van der Waals surface area (Å²) in [4.78, 5) is 12.2. The van der Waals surface area contributed by atoms with Crippen LogP contribution in [0.4, 0.5) is 0 Å². The average Bonchev–Trinajstić information content (AvgIpc) is 2.29. The molecule has 0 bridgehead atoms. The molecule has 1 aromatic rings. The third-order valence-electron chi connectivity index (χ3n) is 2.79. The lowest BCUT2D eigenvalue weighted by Gasteiger charge is -2.24. The SMILES string of the molecule is COCCCn1c(C(C)(C)C)ccc(C#N)c1=O. The van der Waals surface area contributed by atoms with Crippen molar-refractivity contribution in [1.82, 2.24) is 4.57 Å². The molecule has 0 spiro atoms. The van der Waals surface area contributed by atoms with Gasteiger partial charge in [-0.25, -0.2) is 0 Å². The van der Waals surface area contributed by atoms with Crippen molar-refractivity contribution in [2.24, 2.45) is 0 Å². The molecule has 0 aliphatic carbocycles. The lowest BCUT2D eigenvalue weighted by Crippen LogP contribution is -2.31. The van der Waals surface area contributed by atoms with Gasteiger partial charge in [-0.2, -0.15) is 5.26 Å². The lowest BCUT2D eigenvalue weighted by atomic mass is 9.90. The van der Waals surface area contributed by atoms with Crippen molar-refractivity contribution in [3.8, 4) is 6.07 Å². The molecular formula is C14H20N2O2. The van der Waals surface area contributed by atoms with Crippen molar-refractivity contribution in [3.05, 3.63) is 33.7 Å². The summed E-state index contributed by atoms with van der Waals surface area (Å²) in [5.41, 5.74) is 0.810. The van der Waals surface area contributed by atoms with Crippen molar-refractivity contribution < 1.29 is 4.74 Å². The molecule has 0 atom stereocenters. The number of methoxy groups -OCH3 is 1. The molecular weight excluding hydrogens is 228 g/mol. The summed E-state index contributed by atoms with van der Waals surface area (Å²) in [6.07, 6.45) is 0.758. The molecule has 0 saturated heterocycles. The number of rotatable bonds is 4. The molecule has 0 aliphatic rings. The Hall–Kier alpha value is -1.60. The van der Waals surface area contributed by atoms with Crippen LogP contribution in [-0.4, -0.2) is 18.3 Å². The summed E-state index contributed by atoms with van der Waals surface area (Å²) in [7, 11) is 1.64. The summed E-state index contributed by atoms with van der Waals surface area (Å²) >= 11 is 0. The van der Waals surface area contributed by atoms with Crippen LogP contribution in [0.2, 0.25) is 0 Å². The van der Waals surface area contributed by atoms with Gasteiger partial charge in [0.15, 0.2) is 0 Å². The van der Waals surface area contributed by atoms with Gasteiger partial charge in [-0.3, -0.25) is 4.79 Å². The minimum atomic E-state index is -0.207. The van der Waals surface area contributed by atoms with Crippen molar-refractivity contribution in [2.45, 2.75) is 39.2 Å². The van der Waals surface area contributed by atoms with Gasteiger partial charge in [0.2, 0.25) is 0 Å². The Morgan fingerprint density at radius 2 is 2.06 bits per heavy atom. The molecule has 0 saturated carbocycles. The van der Waals surface area contributed by atoms with E-state index < -0.39 is 0 Å². The first kappa shape index (κ1) is 14.5. The quantitative estimate of drug-likeness (QED) is 0.766. The van der Waals surface area contributed by atoms with E-state index in [4.69, 9.17) is 10.00 Å². The van der Waals surface area contributed by atoms with Crippen LogP contribution in [0.25, 0.3) is 0 Å². The number of hydrogen-bond donors (Lipinski definition) is 0. The van der Waals surface area contributed by atoms with E-state index >= 15 is 0 Å². The molecule has 4 nitrogen and oxygen atoms in total. The molecule has 98 valence electrons. The standard InChI is InChI=1S/C14H20N2O2/c1-14(2,3)12-7-6-11(10-15)13(17)16(12)8-5-9-18-4/h6-7H,5,8-9H2,1-4H3. The molecule has 0 aromatic carbocycles. The monoisotopic (exact) mass is 248 g/mol. The first-order valence-electron chi connectivity index (χ1n) is 6.05. The maximum absolute atomic E-state index is 12.2. The molecule has 1 heterocycles. The number of hydrogen-bond acceptors (Lipinski definition) is 3. The third-order valence-corrected chi connectivity index (χ3v) is 2.79. The normalized spacial score (nSPS) is 11.3. The third kappa shape index (κ3) is 3.21. The van der Waals surface area contributed by atoms with Crippen molar-refractivity contribution in [3.63, 3.8) is 0 Å². The topological polar surface area (TPSA) is 55.0 Å². The molecule has 1 aromatic heterocycles. The molecule has 0 unspecified atom stereocenters. The Bertz CT molecular complexity index is 504. The second-order valence-corrected chi connectivity index (χ2v) is 5.30. The van der Waals surface area contributed by atoms with Crippen LogP contribution in [0.5, 0.6) is 0 Å². The fraction of sp³-hybridized carbons (Fsp3) is 0.571. The van der Waals surface area contributed by atoms with E-state index in [2.05, 4.69) is 20.8 Å². The van der Waals surface area contributed by atoms with Gasteiger partial charge in [-0.05, 0) is 18.6 Å². The van der Waals surface area contributed by atoms with Crippen LogP contribution in [-0.2, 0) is 16.7 Å². The first-order valence-corrected chi connectivity index (χ1v) is 6.05. The Labute approximate surface area is 108 Å². The van der Waals surface area contributed by atoms with Crippen LogP contribution in [0.1, 0.15) is 38.4 Å². The largest absolute Gasteiger partial charge is 0.385 e. The Morgan fingerprint density at radius 3 is 2.56 bits per heavy atom. The molecule has 0 radical (unpaired) electrons. The highest BCUT2D eigenvalue weighted by Gasteiger charge is 2.19. The molecule has 0 fully saturated rings. The maximum atomic E-state index is 12.2. The van der Waals surface area contributed by atoms with E-state index in [0.29, 0.717) is 13.2 Å². The van der Waals surface area contributed by atoms with Crippen LogP contribution >= 0.6 is 0 Å². The molecule has 4 heteroatoms. The molecule has 1 rings (SSSR count). The number of nitriles is 1. The van der Waals surface area contributed by atoms with Crippen LogP contribution in [0.3, 0.4) is 0 Å². The highest BCUT2D eigenvalue weighted by atomic mass is 16.5. The van der Waals surface area contributed by atoms with Crippen LogP contribution in [0.15, 0.2) is 16.9 Å². The van der Waals surface area contributed by atoms with Crippen LogP contribution in [0, 0.1) is 11.3 Å². The molecule has 0 N–H and O–H groups in total. The zero-order valence-electron chi connectivity index (χ0n) is 11.5. The van der Waals surface area contributed by atoms with E-state index in [1.165, 1.54) is 0 Å². The fourth-order valence-electron chi connectivity index (χ4n) is 1.91. The number of nitrogens with zero attached hydrogens (tertiary/aromatic N) is 2. The summed E-state index contributed by atoms with van der Waals surface area (Å²) < 4.78 is 6.70. The zero-order valence-corrected chi connectivity index (χ0v) is 11.5. The maximum Gasteiger partial charge on any atom is 0.268 e. The summed E-state index contributed by atoms with van der Waals surface area (Å²) in [5, 5.41) is 8.92. The van der Waals surface area contributed by atoms with E-state index in [9.17, 15) is 4.79 Å². The zero-order chi connectivity index (χ0) is 13.8. The second-order valence-electron chi connectivity index (χ2n) is 5.30. The molecule has 18 heavy (non-hydrogen) atoms. The summed E-state index contributed by atoms with van der Waals surface area (Å²) in [5.74, 6) is 0. The van der Waals surface area contributed by atoms with Gasteiger partial charge >= 0.3 is 0 Å². The van der Waals surface area contributed by atoms with E-state index in [1.54, 1.807) is 17.7 Å². The number of ether oxygens (including phenoxy) is 1. The first-order chi connectivity index (χ1) is 8.41. The number of pyridine rings is 1. The lowest BCUT2D eigenvalue weighted by molar-refractivity contribution is 0.189. The van der Waals surface area contributed by atoms with Gasteiger partial charge in [0, 0.05) is 31.4 Å². The van der Waals surface area contributed by atoms with Gasteiger partial charge in [0.25, 0.3) is 5.56 Å². The average molecular weight is 248 g/mol. The summed E-state index contributed by atoms with van der Waals surface area (Å²) in [6, 6.07) is 5.41. The Kier molecular flexibility index (Phi) is 4.69. The highest BCUT2D eigenvalue weighted by Crippen LogP contribution is 2.21. The van der Waals surface area contributed by atoms with Crippen molar-refractivity contribution >= 4 is 0 Å². The van der Waals surface area contributed by atoms with E-state index in [-0.39, 0.29) is 16.5 Å². The smallest absolute Gasteiger partial charge is 0.268 e. The van der Waals surface area contributed by atoms with Gasteiger partial charge in [-0.1, -0.05) is 20.8 Å². The highest BCUT2D eigenvalue weighted by molar-refractivity contribution is 5.29. The van der Waals surface area contributed by atoms with Crippen molar-refractivity contribution in [1.29, 1.82) is 5.26 Å². The Balaban J connectivity index is 3.24. The van der Waals surface area contributed by atoms with Gasteiger partial charge in [0.05, 0.1) is 0 Å². The predicted octanol–water partition coefficient (Wildman–Crippen LogP) is 2.05. The molecule has 0 amide bonds. The minimum Gasteiger partial charge on any atom is -0.385 e. The van der Waals surface area contributed by atoms with Crippen LogP contribution < -0.4 is 5.56 Å². The predicted molar refractivity (Wildman–Crippen MR) is 70.6 cm³/mol. The van der Waals surface area contributed by atoms with Gasteiger partial charge < -0.3 is 9.30 Å². The van der Waals surface area contributed by atoms with E-state index in [0.717, 1.165) is 12.1 Å². The number of aromatic nitrogens is 1.